The van der Waals surface area contributed by atoms with Crippen LogP contribution in [0.4, 0.5) is 17.3 Å². The molecule has 2 heterocycles. The van der Waals surface area contributed by atoms with Gasteiger partial charge in [-0.05, 0) is 38.1 Å². The molecule has 7 nitrogen and oxygen atoms in total. The highest BCUT2D eigenvalue weighted by molar-refractivity contribution is 6.04. The number of pyridine rings is 1. The number of rotatable bonds is 6. The van der Waals surface area contributed by atoms with Crippen molar-refractivity contribution in [2.75, 3.05) is 10.6 Å². The summed E-state index contributed by atoms with van der Waals surface area (Å²) in [5.41, 5.74) is 2.56. The minimum atomic E-state index is -0.312. The van der Waals surface area contributed by atoms with E-state index in [1.165, 1.54) is 12.4 Å². The molecule has 0 aliphatic carbocycles. The Morgan fingerprint density at radius 1 is 0.900 bits per heavy atom. The van der Waals surface area contributed by atoms with Gasteiger partial charge < -0.3 is 15.4 Å². The second-order valence-corrected chi connectivity index (χ2v) is 6.92. The van der Waals surface area contributed by atoms with Crippen molar-refractivity contribution in [3.63, 3.8) is 0 Å². The van der Waals surface area contributed by atoms with Gasteiger partial charge in [-0.25, -0.2) is 9.97 Å². The van der Waals surface area contributed by atoms with E-state index in [1.54, 1.807) is 12.3 Å². The Balaban J connectivity index is 1.49. The highest BCUT2D eigenvalue weighted by Crippen LogP contribution is 2.26. The molecule has 4 aromatic rings. The maximum absolute atomic E-state index is 12.6. The number of anilines is 3. The minimum absolute atomic E-state index is 0.000278. The average Bonchev–Trinajstić information content (AvgIpc) is 2.75. The summed E-state index contributed by atoms with van der Waals surface area (Å²) in [6, 6.07) is 17.0. The average molecular weight is 399 g/mol. The van der Waals surface area contributed by atoms with E-state index < -0.39 is 0 Å². The third-order valence-electron chi connectivity index (χ3n) is 4.29. The summed E-state index contributed by atoms with van der Waals surface area (Å²) in [6.45, 7) is 3.87. The molecular formula is C23H21N5O2. The first-order valence-electron chi connectivity index (χ1n) is 9.60. The van der Waals surface area contributed by atoms with Crippen LogP contribution >= 0.6 is 0 Å². The van der Waals surface area contributed by atoms with Crippen LogP contribution in [-0.2, 0) is 0 Å². The predicted octanol–water partition coefficient (Wildman–Crippen LogP) is 4.81. The molecule has 0 atom stereocenters. The van der Waals surface area contributed by atoms with Crippen LogP contribution < -0.4 is 15.4 Å². The number of nitrogens with zero attached hydrogens (tertiary/aromatic N) is 3. The second-order valence-electron chi connectivity index (χ2n) is 6.92. The number of amides is 1. The maximum Gasteiger partial charge on any atom is 0.258 e. The lowest BCUT2D eigenvalue weighted by atomic mass is 10.2. The number of ether oxygens (including phenoxy) is 1. The van der Waals surface area contributed by atoms with Crippen LogP contribution in [0.3, 0.4) is 0 Å². The molecule has 2 aromatic carbocycles. The van der Waals surface area contributed by atoms with Crippen LogP contribution in [0.25, 0.3) is 10.9 Å². The fraction of sp³-hybridized carbons (Fsp3) is 0.130. The molecule has 150 valence electrons. The standard InChI is InChI=1S/C23H21N5O2/c1-15(2)30-20-11-4-3-9-18(20)27-22(29)17-13-25-23(26-14-17)28-19-10-5-7-16-8-6-12-24-21(16)19/h3-15H,1-2H3,(H,27,29)(H,25,26,28). The number of fused-ring (bicyclic) bond motifs is 1. The third kappa shape index (κ3) is 4.35. The maximum atomic E-state index is 12.6. The van der Waals surface area contributed by atoms with Gasteiger partial charge in [-0.1, -0.05) is 30.3 Å². The normalized spacial score (nSPS) is 10.8. The number of carbonyl (C=O) groups is 1. The van der Waals surface area contributed by atoms with Crippen molar-refractivity contribution < 1.29 is 9.53 Å². The Bertz CT molecular complexity index is 1170. The Morgan fingerprint density at radius 2 is 1.63 bits per heavy atom. The predicted molar refractivity (Wildman–Crippen MR) is 117 cm³/mol. The summed E-state index contributed by atoms with van der Waals surface area (Å²) in [4.78, 5) is 25.6. The molecule has 4 rings (SSSR count). The quantitative estimate of drug-likeness (QED) is 0.484. The molecule has 0 aliphatic rings. The molecule has 0 spiro atoms. The molecule has 0 aliphatic heterocycles. The number of hydrogen-bond donors (Lipinski definition) is 2. The molecule has 0 radical (unpaired) electrons. The van der Waals surface area contributed by atoms with Crippen molar-refractivity contribution in [1.29, 1.82) is 0 Å². The number of nitrogens with one attached hydrogen (secondary N) is 2. The summed E-state index contributed by atoms with van der Waals surface area (Å²) in [5, 5.41) is 7.02. The van der Waals surface area contributed by atoms with E-state index in [2.05, 4.69) is 25.6 Å². The van der Waals surface area contributed by atoms with Crippen LogP contribution in [0.1, 0.15) is 24.2 Å². The van der Waals surface area contributed by atoms with Gasteiger partial charge >= 0.3 is 0 Å². The van der Waals surface area contributed by atoms with E-state index in [4.69, 9.17) is 4.74 Å². The van der Waals surface area contributed by atoms with Gasteiger partial charge in [-0.3, -0.25) is 9.78 Å². The van der Waals surface area contributed by atoms with Gasteiger partial charge in [0.2, 0.25) is 5.95 Å². The van der Waals surface area contributed by atoms with E-state index in [0.29, 0.717) is 22.9 Å². The highest BCUT2D eigenvalue weighted by atomic mass is 16.5. The lowest BCUT2D eigenvalue weighted by molar-refractivity contribution is 0.102. The Labute approximate surface area is 174 Å². The minimum Gasteiger partial charge on any atom is -0.489 e. The van der Waals surface area contributed by atoms with Crippen LogP contribution in [0, 0.1) is 0 Å². The van der Waals surface area contributed by atoms with Crippen molar-refractivity contribution in [2.24, 2.45) is 0 Å². The second kappa shape index (κ2) is 8.57. The van der Waals surface area contributed by atoms with Crippen molar-refractivity contribution >= 4 is 34.1 Å². The van der Waals surface area contributed by atoms with Gasteiger partial charge in [0.05, 0.1) is 28.6 Å². The summed E-state index contributed by atoms with van der Waals surface area (Å²) in [6.07, 6.45) is 4.70. The van der Waals surface area contributed by atoms with E-state index >= 15 is 0 Å². The number of carbonyl (C=O) groups excluding carboxylic acids is 1. The van der Waals surface area contributed by atoms with Crippen molar-refractivity contribution in [2.45, 2.75) is 20.0 Å². The fourth-order valence-corrected chi connectivity index (χ4v) is 2.96. The van der Waals surface area contributed by atoms with Crippen LogP contribution in [0.2, 0.25) is 0 Å². The molecule has 0 saturated carbocycles. The Kier molecular flexibility index (Phi) is 5.52. The third-order valence-corrected chi connectivity index (χ3v) is 4.29. The summed E-state index contributed by atoms with van der Waals surface area (Å²) < 4.78 is 5.74. The smallest absolute Gasteiger partial charge is 0.258 e. The Hall–Kier alpha value is -4.00. The molecule has 0 unspecified atom stereocenters. The molecular weight excluding hydrogens is 378 g/mol. The van der Waals surface area contributed by atoms with Crippen LogP contribution in [-0.4, -0.2) is 27.0 Å². The van der Waals surface area contributed by atoms with E-state index in [0.717, 1.165) is 16.6 Å². The van der Waals surface area contributed by atoms with Gasteiger partial charge in [-0.15, -0.1) is 0 Å². The van der Waals surface area contributed by atoms with Gasteiger partial charge in [0.1, 0.15) is 5.75 Å². The van der Waals surface area contributed by atoms with Crippen molar-refractivity contribution in [3.8, 4) is 5.75 Å². The summed E-state index contributed by atoms with van der Waals surface area (Å²) >= 11 is 0. The molecule has 30 heavy (non-hydrogen) atoms. The van der Waals surface area contributed by atoms with Gasteiger partial charge in [0.25, 0.3) is 5.91 Å². The largest absolute Gasteiger partial charge is 0.489 e. The van der Waals surface area contributed by atoms with Gasteiger partial charge in [-0.2, -0.15) is 0 Å². The first-order valence-corrected chi connectivity index (χ1v) is 9.60. The number of aromatic nitrogens is 3. The zero-order chi connectivity index (χ0) is 20.9. The molecule has 7 heteroatoms. The zero-order valence-electron chi connectivity index (χ0n) is 16.7. The number of para-hydroxylation sites is 3. The molecule has 0 bridgehead atoms. The van der Waals surface area contributed by atoms with Gasteiger partial charge in [0.15, 0.2) is 0 Å². The zero-order valence-corrected chi connectivity index (χ0v) is 16.7. The van der Waals surface area contributed by atoms with Crippen molar-refractivity contribution in [1.82, 2.24) is 15.0 Å². The topological polar surface area (TPSA) is 89.0 Å². The number of hydrogen-bond acceptors (Lipinski definition) is 6. The first kappa shape index (κ1) is 19.3. The van der Waals surface area contributed by atoms with E-state index in [1.807, 2.05) is 62.4 Å². The lowest BCUT2D eigenvalue weighted by Gasteiger charge is -2.14. The van der Waals surface area contributed by atoms with E-state index in [9.17, 15) is 4.79 Å². The summed E-state index contributed by atoms with van der Waals surface area (Å²) in [5.74, 6) is 0.685. The molecule has 0 saturated heterocycles. The monoisotopic (exact) mass is 399 g/mol. The number of benzene rings is 2. The highest BCUT2D eigenvalue weighted by Gasteiger charge is 2.12. The van der Waals surface area contributed by atoms with Gasteiger partial charge in [0, 0.05) is 24.0 Å². The fourth-order valence-electron chi connectivity index (χ4n) is 2.96. The lowest BCUT2D eigenvalue weighted by Crippen LogP contribution is -2.15. The van der Waals surface area contributed by atoms with Crippen LogP contribution in [0.5, 0.6) is 5.75 Å². The SMILES string of the molecule is CC(C)Oc1ccccc1NC(=O)c1cnc(Nc2cccc3cccnc23)nc1. The first-order chi connectivity index (χ1) is 14.6. The molecule has 1 amide bonds. The molecule has 2 N–H and O–H groups in total. The van der Waals surface area contributed by atoms with E-state index in [-0.39, 0.29) is 12.0 Å². The molecule has 0 fully saturated rings. The van der Waals surface area contributed by atoms with Crippen LogP contribution in [0.15, 0.2) is 73.2 Å². The summed E-state index contributed by atoms with van der Waals surface area (Å²) in [7, 11) is 0. The van der Waals surface area contributed by atoms with Crippen molar-refractivity contribution in [3.05, 3.63) is 78.8 Å². The molecule has 2 aromatic heterocycles. The Morgan fingerprint density at radius 3 is 2.43 bits per heavy atom.